The van der Waals surface area contributed by atoms with Crippen LogP contribution in [0.1, 0.15) is 47.0 Å². The second kappa shape index (κ2) is 7.76. The molecule has 1 heterocycles. The Morgan fingerprint density at radius 3 is 1.56 bits per heavy atom. The predicted molar refractivity (Wildman–Crippen MR) is 80.0 cm³/mol. The number of quaternary nitrogens is 1. The van der Waals surface area contributed by atoms with Crippen LogP contribution in [-0.4, -0.2) is 53.0 Å². The van der Waals surface area contributed by atoms with Gasteiger partial charge in [0, 0.05) is 26.2 Å². The normalized spacial score (nSPS) is 20.0. The first-order valence-corrected chi connectivity index (χ1v) is 8.71. The summed E-state index contributed by atoms with van der Waals surface area (Å²) in [5.41, 5.74) is 0. The molecule has 1 fully saturated rings. The number of nitrogens with zero attached hydrogens (tertiary/aromatic N) is 3. The first-order chi connectivity index (χ1) is 8.62. The molecule has 0 atom stereocenters. The molecule has 0 bridgehead atoms. The smallest absolute Gasteiger partial charge is 0.271 e. The van der Waals surface area contributed by atoms with E-state index in [1.54, 1.807) is 0 Å². The van der Waals surface area contributed by atoms with Gasteiger partial charge in [-0.15, -0.1) is 0 Å². The van der Waals surface area contributed by atoms with Crippen LogP contribution in [0.5, 0.6) is 0 Å². The van der Waals surface area contributed by atoms with Gasteiger partial charge in [0.05, 0.1) is 13.1 Å². The molecule has 0 aromatic carbocycles. The third kappa shape index (κ3) is 3.64. The summed E-state index contributed by atoms with van der Waals surface area (Å²) in [7, 11) is -0.740. The van der Waals surface area contributed by atoms with Crippen LogP contribution in [0.15, 0.2) is 0 Å². The van der Waals surface area contributed by atoms with Gasteiger partial charge in [-0.2, -0.15) is 0 Å². The van der Waals surface area contributed by atoms with Gasteiger partial charge in [0.1, 0.15) is 0 Å². The average molecular weight is 275 g/mol. The molecule has 1 rings (SSSR count). The minimum Gasteiger partial charge on any atom is -0.630 e. The molecule has 0 saturated carbocycles. The molecule has 0 spiro atoms. The lowest BCUT2D eigenvalue weighted by Gasteiger charge is -2.54. The zero-order valence-corrected chi connectivity index (χ0v) is 13.5. The molecule has 0 amide bonds. The summed E-state index contributed by atoms with van der Waals surface area (Å²) >= 11 is 0. The van der Waals surface area contributed by atoms with Gasteiger partial charge in [-0.05, 0) is 19.3 Å². The molecule has 1 aliphatic rings. The Balaban J connectivity index is 2.93. The Morgan fingerprint density at radius 1 is 0.833 bits per heavy atom. The van der Waals surface area contributed by atoms with Crippen molar-refractivity contribution >= 4 is 8.37 Å². The van der Waals surface area contributed by atoms with Crippen LogP contribution in [-0.2, 0) is 0 Å². The first kappa shape index (κ1) is 16.3. The van der Waals surface area contributed by atoms with Crippen molar-refractivity contribution in [2.24, 2.45) is 0 Å². The molecule has 4 nitrogen and oxygen atoms in total. The predicted octanol–water partition coefficient (Wildman–Crippen LogP) is 3.40. The Labute approximate surface area is 114 Å². The standard InChI is InChI=1S/C13H30N3OP/c1-5-14(6-2)18(15(7-3)8-4)16(17)12-10-9-11-13-16/h5-13H2,1-4H3. The zero-order valence-electron chi connectivity index (χ0n) is 12.6. The third-order valence-corrected chi connectivity index (χ3v) is 7.00. The maximum atomic E-state index is 13.2. The van der Waals surface area contributed by atoms with Gasteiger partial charge >= 0.3 is 0 Å². The Morgan fingerprint density at radius 2 is 1.22 bits per heavy atom. The molecular weight excluding hydrogens is 245 g/mol. The molecule has 18 heavy (non-hydrogen) atoms. The molecule has 108 valence electrons. The fourth-order valence-electron chi connectivity index (χ4n) is 2.78. The zero-order chi connectivity index (χ0) is 13.6. The van der Waals surface area contributed by atoms with Gasteiger partial charge in [0.2, 0.25) is 0 Å². The van der Waals surface area contributed by atoms with Crippen molar-refractivity contribution in [2.45, 2.75) is 47.0 Å². The molecule has 1 saturated heterocycles. The van der Waals surface area contributed by atoms with Crippen LogP contribution in [0, 0.1) is 5.21 Å². The molecule has 0 N–H and O–H groups in total. The van der Waals surface area contributed by atoms with Gasteiger partial charge in [-0.1, -0.05) is 27.7 Å². The fourth-order valence-corrected chi connectivity index (χ4v) is 5.71. The SMILES string of the molecule is CCN(CC)P(N(CC)CC)[N+]1([O-])CCCCC1. The van der Waals surface area contributed by atoms with E-state index < -0.39 is 8.37 Å². The highest BCUT2D eigenvalue weighted by Gasteiger charge is 2.39. The van der Waals surface area contributed by atoms with Gasteiger partial charge in [0.15, 0.2) is 0 Å². The van der Waals surface area contributed by atoms with E-state index in [1.165, 1.54) is 6.42 Å². The van der Waals surface area contributed by atoms with Crippen LogP contribution in [0.2, 0.25) is 0 Å². The van der Waals surface area contributed by atoms with Gasteiger partial charge in [0.25, 0.3) is 8.37 Å². The molecule has 0 radical (unpaired) electrons. The van der Waals surface area contributed by atoms with E-state index in [0.717, 1.165) is 52.1 Å². The lowest BCUT2D eigenvalue weighted by molar-refractivity contribution is -0.767. The van der Waals surface area contributed by atoms with E-state index in [2.05, 4.69) is 37.0 Å². The Hall–Kier alpha value is 0.270. The van der Waals surface area contributed by atoms with Crippen LogP contribution in [0.3, 0.4) is 0 Å². The van der Waals surface area contributed by atoms with Crippen molar-refractivity contribution in [3.8, 4) is 0 Å². The van der Waals surface area contributed by atoms with Crippen molar-refractivity contribution in [1.82, 2.24) is 9.34 Å². The number of hydrogen-bond acceptors (Lipinski definition) is 3. The van der Waals surface area contributed by atoms with Crippen LogP contribution in [0.25, 0.3) is 0 Å². The number of piperidine rings is 1. The summed E-state index contributed by atoms with van der Waals surface area (Å²) in [6.07, 6.45) is 3.44. The highest BCUT2D eigenvalue weighted by molar-refractivity contribution is 7.46. The maximum absolute atomic E-state index is 13.2. The van der Waals surface area contributed by atoms with Gasteiger partial charge < -0.3 is 9.62 Å². The van der Waals surface area contributed by atoms with E-state index in [1.807, 2.05) is 0 Å². The molecule has 5 heteroatoms. The largest absolute Gasteiger partial charge is 0.630 e. The summed E-state index contributed by atoms with van der Waals surface area (Å²) < 4.78 is 4.85. The minimum atomic E-state index is -0.740. The molecular formula is C13H30N3OP. The molecule has 1 aliphatic heterocycles. The summed E-state index contributed by atoms with van der Waals surface area (Å²) in [5, 5.41) is 13.2. The van der Waals surface area contributed by atoms with Crippen molar-refractivity contribution in [2.75, 3.05) is 39.3 Å². The van der Waals surface area contributed by atoms with Crippen LogP contribution < -0.4 is 0 Å². The fraction of sp³-hybridized carbons (Fsp3) is 1.00. The topological polar surface area (TPSA) is 29.5 Å². The van der Waals surface area contributed by atoms with E-state index >= 15 is 0 Å². The summed E-state index contributed by atoms with van der Waals surface area (Å²) in [6.45, 7) is 14.3. The van der Waals surface area contributed by atoms with E-state index in [4.69, 9.17) is 0 Å². The van der Waals surface area contributed by atoms with Gasteiger partial charge in [-0.3, -0.25) is 0 Å². The average Bonchev–Trinajstić information content (AvgIpc) is 2.40. The second-order valence-electron chi connectivity index (χ2n) is 4.90. The Bertz CT molecular complexity index is 214. The maximum Gasteiger partial charge on any atom is 0.271 e. The lowest BCUT2D eigenvalue weighted by Crippen LogP contribution is -2.50. The minimum absolute atomic E-state index is 0.0404. The Kier molecular flexibility index (Phi) is 7.04. The van der Waals surface area contributed by atoms with Crippen molar-refractivity contribution in [3.63, 3.8) is 0 Å². The highest BCUT2D eigenvalue weighted by Crippen LogP contribution is 2.54. The molecule has 0 aromatic heterocycles. The second-order valence-corrected chi connectivity index (χ2v) is 7.30. The summed E-state index contributed by atoms with van der Waals surface area (Å²) in [6, 6.07) is 0. The van der Waals surface area contributed by atoms with Crippen molar-refractivity contribution in [1.29, 1.82) is 0 Å². The monoisotopic (exact) mass is 275 g/mol. The van der Waals surface area contributed by atoms with E-state index in [9.17, 15) is 5.21 Å². The summed E-state index contributed by atoms with van der Waals surface area (Å²) in [5.74, 6) is 0. The van der Waals surface area contributed by atoms with E-state index in [0.29, 0.717) is 0 Å². The summed E-state index contributed by atoms with van der Waals surface area (Å²) in [4.78, 5) is 0. The lowest BCUT2D eigenvalue weighted by atomic mass is 10.2. The number of hydroxylamine groups is 2. The third-order valence-electron chi connectivity index (χ3n) is 3.81. The van der Waals surface area contributed by atoms with Gasteiger partial charge in [-0.25, -0.2) is 9.34 Å². The first-order valence-electron chi connectivity index (χ1n) is 7.51. The molecule has 0 aromatic rings. The van der Waals surface area contributed by atoms with Crippen molar-refractivity contribution in [3.05, 3.63) is 5.21 Å². The van der Waals surface area contributed by atoms with Crippen LogP contribution in [0.4, 0.5) is 0 Å². The van der Waals surface area contributed by atoms with E-state index in [-0.39, 0.29) is 4.42 Å². The molecule has 0 aliphatic carbocycles. The van der Waals surface area contributed by atoms with Crippen LogP contribution >= 0.6 is 8.37 Å². The molecule has 0 unspecified atom stereocenters. The number of hydrogen-bond donors (Lipinski definition) is 0. The quantitative estimate of drug-likeness (QED) is 0.527. The van der Waals surface area contributed by atoms with Crippen molar-refractivity contribution < 1.29 is 4.42 Å². The highest BCUT2D eigenvalue weighted by atomic mass is 31.2. The number of rotatable bonds is 7.